The summed E-state index contributed by atoms with van der Waals surface area (Å²) in [6.45, 7) is 0.490. The molecule has 7 nitrogen and oxygen atoms in total. The van der Waals surface area contributed by atoms with Crippen LogP contribution in [0.1, 0.15) is 15.9 Å². The van der Waals surface area contributed by atoms with Gasteiger partial charge in [0, 0.05) is 17.7 Å². The van der Waals surface area contributed by atoms with E-state index in [1.807, 2.05) is 30.3 Å². The summed E-state index contributed by atoms with van der Waals surface area (Å²) >= 11 is 5.16. The molecule has 0 saturated carbocycles. The minimum absolute atomic E-state index is 0.0166. The number of carbonyl (C=O) groups excluding carboxylic acids is 1. The van der Waals surface area contributed by atoms with Crippen LogP contribution in [-0.4, -0.2) is 26.0 Å². The largest absolute Gasteiger partial charge is 0.493 e. The van der Waals surface area contributed by atoms with E-state index in [1.165, 1.54) is 29.8 Å². The number of anilines is 1. The molecule has 1 amide bonds. The molecule has 4 N–H and O–H groups in total. The van der Waals surface area contributed by atoms with Gasteiger partial charge in [0.15, 0.2) is 5.11 Å². The first-order valence-corrected chi connectivity index (χ1v) is 11.3. The van der Waals surface area contributed by atoms with E-state index in [4.69, 9.17) is 22.1 Å². The van der Waals surface area contributed by atoms with Gasteiger partial charge in [-0.2, -0.15) is 0 Å². The molecule has 3 aromatic carbocycles. The van der Waals surface area contributed by atoms with Crippen molar-refractivity contribution >= 4 is 38.9 Å². The fraction of sp³-hybridized carbons (Fsp3) is 0.0909. The second kappa shape index (κ2) is 10.2. The molecule has 0 heterocycles. The van der Waals surface area contributed by atoms with Crippen molar-refractivity contribution in [3.05, 3.63) is 90.0 Å². The molecule has 0 aliphatic heterocycles. The van der Waals surface area contributed by atoms with Crippen LogP contribution in [0.3, 0.4) is 0 Å². The summed E-state index contributed by atoms with van der Waals surface area (Å²) < 4.78 is 28.3. The number of rotatable bonds is 7. The molecule has 0 unspecified atom stereocenters. The number of hydrogen-bond donors (Lipinski definition) is 3. The number of hydrogen-bond acceptors (Lipinski definition) is 5. The highest BCUT2D eigenvalue weighted by atomic mass is 32.2. The SMILES string of the molecule is NS(=O)(=O)c1ccc(NC(=S)NC(=O)c2cccc(OCCc3ccccc3)c2)cc1. The normalized spacial score (nSPS) is 10.9. The van der Waals surface area contributed by atoms with Gasteiger partial charge in [0.25, 0.3) is 5.91 Å². The van der Waals surface area contributed by atoms with E-state index in [-0.39, 0.29) is 10.0 Å². The molecule has 31 heavy (non-hydrogen) atoms. The number of nitrogens with one attached hydrogen (secondary N) is 2. The van der Waals surface area contributed by atoms with Crippen LogP contribution in [-0.2, 0) is 16.4 Å². The van der Waals surface area contributed by atoms with Gasteiger partial charge in [-0.3, -0.25) is 10.1 Å². The Morgan fingerprint density at radius 2 is 1.68 bits per heavy atom. The molecule has 9 heteroatoms. The first-order valence-electron chi connectivity index (χ1n) is 9.33. The molecule has 0 radical (unpaired) electrons. The van der Waals surface area contributed by atoms with Gasteiger partial charge in [0.2, 0.25) is 10.0 Å². The molecular weight excluding hydrogens is 434 g/mol. The highest BCUT2D eigenvalue weighted by molar-refractivity contribution is 7.89. The molecule has 3 aromatic rings. The van der Waals surface area contributed by atoms with Gasteiger partial charge in [0.1, 0.15) is 5.75 Å². The average Bonchev–Trinajstić information content (AvgIpc) is 2.74. The van der Waals surface area contributed by atoms with Crippen LogP contribution < -0.4 is 20.5 Å². The zero-order chi connectivity index (χ0) is 22.3. The molecule has 3 rings (SSSR count). The van der Waals surface area contributed by atoms with Crippen LogP contribution in [0.4, 0.5) is 5.69 Å². The number of benzene rings is 3. The van der Waals surface area contributed by atoms with E-state index in [0.717, 1.165) is 6.42 Å². The molecular formula is C22H21N3O4S2. The first kappa shape index (κ1) is 22.4. The number of nitrogens with two attached hydrogens (primary N) is 1. The summed E-state index contributed by atoms with van der Waals surface area (Å²) in [5.74, 6) is 0.188. The summed E-state index contributed by atoms with van der Waals surface area (Å²) in [4.78, 5) is 12.5. The van der Waals surface area contributed by atoms with Gasteiger partial charge in [-0.15, -0.1) is 0 Å². The van der Waals surface area contributed by atoms with Gasteiger partial charge in [-0.05, 0) is 60.2 Å². The summed E-state index contributed by atoms with van der Waals surface area (Å²) in [5, 5.41) is 10.5. The Labute approximate surface area is 186 Å². The predicted molar refractivity (Wildman–Crippen MR) is 124 cm³/mol. The number of thiocarbonyl (C=S) groups is 1. The molecule has 0 aliphatic rings. The van der Waals surface area contributed by atoms with E-state index in [2.05, 4.69) is 10.6 Å². The second-order valence-corrected chi connectivity index (χ2v) is 8.56. The fourth-order valence-corrected chi connectivity index (χ4v) is 3.45. The van der Waals surface area contributed by atoms with Crippen molar-refractivity contribution in [3.63, 3.8) is 0 Å². The monoisotopic (exact) mass is 455 g/mol. The number of sulfonamides is 1. The van der Waals surface area contributed by atoms with Crippen LogP contribution in [0.25, 0.3) is 0 Å². The number of amides is 1. The van der Waals surface area contributed by atoms with Crippen molar-refractivity contribution in [1.29, 1.82) is 0 Å². The van der Waals surface area contributed by atoms with Crippen LogP contribution in [0.5, 0.6) is 5.75 Å². The Morgan fingerprint density at radius 3 is 2.35 bits per heavy atom. The van der Waals surface area contributed by atoms with Crippen molar-refractivity contribution in [2.75, 3.05) is 11.9 Å². The van der Waals surface area contributed by atoms with Crippen molar-refractivity contribution in [2.24, 2.45) is 5.14 Å². The van der Waals surface area contributed by atoms with Crippen LogP contribution in [0, 0.1) is 0 Å². The third-order valence-corrected chi connectivity index (χ3v) is 5.40. The third kappa shape index (κ3) is 6.88. The highest BCUT2D eigenvalue weighted by Gasteiger charge is 2.11. The lowest BCUT2D eigenvalue weighted by molar-refractivity contribution is 0.0977. The lowest BCUT2D eigenvalue weighted by Crippen LogP contribution is -2.34. The maximum atomic E-state index is 12.5. The minimum Gasteiger partial charge on any atom is -0.493 e. The maximum Gasteiger partial charge on any atom is 0.257 e. The summed E-state index contributed by atoms with van der Waals surface area (Å²) in [6, 6.07) is 22.5. The van der Waals surface area contributed by atoms with E-state index >= 15 is 0 Å². The summed E-state index contributed by atoms with van der Waals surface area (Å²) in [7, 11) is -3.77. The average molecular weight is 456 g/mol. The number of ether oxygens (including phenoxy) is 1. The number of carbonyl (C=O) groups is 1. The number of primary sulfonamides is 1. The minimum atomic E-state index is -3.77. The molecule has 0 aromatic heterocycles. The topological polar surface area (TPSA) is 111 Å². The molecule has 0 fully saturated rings. The Morgan fingerprint density at radius 1 is 0.968 bits per heavy atom. The Bertz CT molecular complexity index is 1160. The van der Waals surface area contributed by atoms with Crippen LogP contribution in [0.2, 0.25) is 0 Å². The lowest BCUT2D eigenvalue weighted by atomic mass is 10.2. The standard InChI is InChI=1S/C22H21N3O4S2/c23-31(27,28)20-11-9-18(10-12-20)24-22(30)25-21(26)17-7-4-8-19(15-17)29-14-13-16-5-2-1-3-6-16/h1-12,15H,13-14H2,(H2,23,27,28)(H2,24,25,26,30). The van der Waals surface area contributed by atoms with Crippen molar-refractivity contribution in [3.8, 4) is 5.75 Å². The van der Waals surface area contributed by atoms with E-state index in [0.29, 0.717) is 23.6 Å². The molecule has 0 atom stereocenters. The Hall–Kier alpha value is -3.27. The zero-order valence-corrected chi connectivity index (χ0v) is 18.1. The Kier molecular flexibility index (Phi) is 7.35. The highest BCUT2D eigenvalue weighted by Crippen LogP contribution is 2.15. The predicted octanol–water partition coefficient (Wildman–Crippen LogP) is 3.08. The quantitative estimate of drug-likeness (QED) is 0.472. The van der Waals surface area contributed by atoms with Gasteiger partial charge in [-0.25, -0.2) is 13.6 Å². The third-order valence-electron chi connectivity index (χ3n) is 4.27. The zero-order valence-electron chi connectivity index (χ0n) is 16.4. The summed E-state index contributed by atoms with van der Waals surface area (Å²) in [6.07, 6.45) is 0.759. The molecule has 0 saturated heterocycles. The smallest absolute Gasteiger partial charge is 0.257 e. The van der Waals surface area contributed by atoms with Gasteiger partial charge >= 0.3 is 0 Å². The summed E-state index contributed by atoms with van der Waals surface area (Å²) in [5.41, 5.74) is 2.08. The van der Waals surface area contributed by atoms with Crippen LogP contribution >= 0.6 is 12.2 Å². The van der Waals surface area contributed by atoms with Gasteiger partial charge < -0.3 is 10.1 Å². The van der Waals surface area contributed by atoms with E-state index in [1.54, 1.807) is 24.3 Å². The van der Waals surface area contributed by atoms with Crippen molar-refractivity contribution in [1.82, 2.24) is 5.32 Å². The van der Waals surface area contributed by atoms with Gasteiger partial charge in [0.05, 0.1) is 11.5 Å². The lowest BCUT2D eigenvalue weighted by Gasteiger charge is -2.11. The maximum absolute atomic E-state index is 12.5. The van der Waals surface area contributed by atoms with Crippen molar-refractivity contribution in [2.45, 2.75) is 11.3 Å². The van der Waals surface area contributed by atoms with Gasteiger partial charge in [-0.1, -0.05) is 36.4 Å². The van der Waals surface area contributed by atoms with E-state index in [9.17, 15) is 13.2 Å². The van der Waals surface area contributed by atoms with Crippen LogP contribution in [0.15, 0.2) is 83.8 Å². The first-order chi connectivity index (χ1) is 14.8. The molecule has 160 valence electrons. The van der Waals surface area contributed by atoms with Crippen molar-refractivity contribution < 1.29 is 17.9 Å². The molecule has 0 spiro atoms. The second-order valence-electron chi connectivity index (χ2n) is 6.59. The fourth-order valence-electron chi connectivity index (χ4n) is 2.72. The molecule has 0 aliphatic carbocycles. The van der Waals surface area contributed by atoms with E-state index < -0.39 is 15.9 Å². The Balaban J connectivity index is 1.53. The molecule has 0 bridgehead atoms.